The highest BCUT2D eigenvalue weighted by molar-refractivity contribution is 5.76. The molecule has 2 fully saturated rings. The van der Waals surface area contributed by atoms with Gasteiger partial charge in [-0.3, -0.25) is 0 Å². The SMILES string of the molecule is O=C(OCc1ccccc1)[C@H]1O[C@H](O[C@@H]2[C@@H](OCc3ccccc3)[C@H](OCc3ccccc3)O[C@H](COCc3ccccc3)[C@H]2OCc2ccccc2)[C@H](OCc2ccccc2)[C@@H](OCc2ccccc2)[C@@H]1OCc1ccccc1. The first-order valence-corrected chi connectivity index (χ1v) is 27.3. The van der Waals surface area contributed by atoms with E-state index in [-0.39, 0.29) is 52.9 Å². The highest BCUT2D eigenvalue weighted by atomic mass is 16.8. The van der Waals surface area contributed by atoms with Crippen LogP contribution in [0, 0.1) is 0 Å². The van der Waals surface area contributed by atoms with Crippen molar-refractivity contribution in [3.63, 3.8) is 0 Å². The van der Waals surface area contributed by atoms with Gasteiger partial charge in [-0.15, -0.1) is 0 Å². The molecule has 0 spiro atoms. The van der Waals surface area contributed by atoms with E-state index < -0.39 is 67.4 Å². The Balaban J connectivity index is 1.08. The van der Waals surface area contributed by atoms with Crippen LogP contribution in [0.2, 0.25) is 0 Å². The summed E-state index contributed by atoms with van der Waals surface area (Å²) in [6.07, 6.45) is -10.7. The smallest absolute Gasteiger partial charge is 0.338 e. The molecule has 80 heavy (non-hydrogen) atoms. The summed E-state index contributed by atoms with van der Waals surface area (Å²) in [5.74, 6) is -0.674. The van der Waals surface area contributed by atoms with Gasteiger partial charge in [0.15, 0.2) is 18.7 Å². The Kier molecular flexibility index (Phi) is 21.0. The van der Waals surface area contributed by atoms with Crippen molar-refractivity contribution in [1.29, 1.82) is 0 Å². The number of carbonyl (C=O) groups excluding carboxylic acids is 1. The third-order valence-electron chi connectivity index (χ3n) is 13.9. The van der Waals surface area contributed by atoms with Crippen LogP contribution in [0.25, 0.3) is 0 Å². The second-order valence-electron chi connectivity index (χ2n) is 19.8. The summed E-state index contributed by atoms with van der Waals surface area (Å²) in [5, 5.41) is 0. The number of rotatable bonds is 27. The van der Waals surface area contributed by atoms with Crippen molar-refractivity contribution in [1.82, 2.24) is 0 Å². The molecule has 10 atom stereocenters. The number of hydrogen-bond donors (Lipinski definition) is 0. The number of ether oxygens (including phenoxy) is 11. The quantitative estimate of drug-likeness (QED) is 0.0456. The van der Waals surface area contributed by atoms with E-state index in [1.165, 1.54) is 0 Å². The number of hydrogen-bond acceptors (Lipinski definition) is 12. The molecule has 0 radical (unpaired) electrons. The molecule has 2 aliphatic heterocycles. The summed E-state index contributed by atoms with van der Waals surface area (Å²) in [5.41, 5.74) is 7.22. The topological polar surface area (TPSA) is 119 Å². The first kappa shape index (κ1) is 56.1. The molecule has 12 nitrogen and oxygen atoms in total. The maximum absolute atomic E-state index is 15.1. The predicted octanol–water partition coefficient (Wildman–Crippen LogP) is 11.9. The van der Waals surface area contributed by atoms with Crippen molar-refractivity contribution in [2.24, 2.45) is 0 Å². The monoisotopic (exact) mass is 1080 g/mol. The average molecular weight is 1080 g/mol. The lowest BCUT2D eigenvalue weighted by molar-refractivity contribution is -0.376. The van der Waals surface area contributed by atoms with Gasteiger partial charge in [-0.2, -0.15) is 0 Å². The van der Waals surface area contributed by atoms with Crippen LogP contribution in [0.3, 0.4) is 0 Å². The van der Waals surface area contributed by atoms with E-state index in [0.717, 1.165) is 44.5 Å². The third-order valence-corrected chi connectivity index (χ3v) is 13.9. The van der Waals surface area contributed by atoms with Gasteiger partial charge in [-0.05, 0) is 44.5 Å². The van der Waals surface area contributed by atoms with Crippen LogP contribution in [0.5, 0.6) is 0 Å². The van der Waals surface area contributed by atoms with Crippen LogP contribution < -0.4 is 0 Å². The molecule has 2 heterocycles. The summed E-state index contributed by atoms with van der Waals surface area (Å²) in [6.45, 7) is 1.28. The van der Waals surface area contributed by atoms with E-state index in [4.69, 9.17) is 52.1 Å². The minimum Gasteiger partial charge on any atom is -0.459 e. The highest BCUT2D eigenvalue weighted by Crippen LogP contribution is 2.38. The molecule has 0 N–H and O–H groups in total. The van der Waals surface area contributed by atoms with E-state index in [9.17, 15) is 0 Å². The largest absolute Gasteiger partial charge is 0.459 e. The summed E-state index contributed by atoms with van der Waals surface area (Å²) in [4.78, 5) is 15.1. The summed E-state index contributed by atoms with van der Waals surface area (Å²) < 4.78 is 76.5. The van der Waals surface area contributed by atoms with Crippen molar-refractivity contribution in [3.05, 3.63) is 287 Å². The van der Waals surface area contributed by atoms with Crippen LogP contribution >= 0.6 is 0 Å². The Bertz CT molecular complexity index is 2980. The molecule has 10 rings (SSSR count). The molecular formula is C68H68O12. The Morgan fingerprint density at radius 1 is 0.300 bits per heavy atom. The lowest BCUT2D eigenvalue weighted by Gasteiger charge is -2.50. The zero-order valence-corrected chi connectivity index (χ0v) is 44.6. The highest BCUT2D eigenvalue weighted by Gasteiger charge is 2.56. The predicted molar refractivity (Wildman–Crippen MR) is 301 cm³/mol. The number of benzene rings is 8. The first-order chi connectivity index (χ1) is 39.6. The summed E-state index contributed by atoms with van der Waals surface area (Å²) >= 11 is 0. The fourth-order valence-corrected chi connectivity index (χ4v) is 9.76. The Labute approximate surface area is 469 Å². The minimum absolute atomic E-state index is 0.0181. The molecule has 0 bridgehead atoms. The maximum Gasteiger partial charge on any atom is 0.338 e. The fourth-order valence-electron chi connectivity index (χ4n) is 9.76. The van der Waals surface area contributed by atoms with Gasteiger partial charge in [0.2, 0.25) is 0 Å². The van der Waals surface area contributed by atoms with Crippen LogP contribution in [-0.4, -0.2) is 74.0 Å². The van der Waals surface area contributed by atoms with Gasteiger partial charge in [-0.25, -0.2) is 4.79 Å². The molecule has 8 aromatic rings. The van der Waals surface area contributed by atoms with Gasteiger partial charge in [0, 0.05) is 0 Å². The molecule has 0 aliphatic carbocycles. The van der Waals surface area contributed by atoms with Gasteiger partial charge >= 0.3 is 5.97 Å². The van der Waals surface area contributed by atoms with E-state index in [1.807, 2.05) is 243 Å². The summed E-state index contributed by atoms with van der Waals surface area (Å²) in [6, 6.07) is 78.6. The average Bonchev–Trinajstić information content (AvgIpc) is 3.55. The standard InChI is InChI=1S/C68H68O12/c69-66(76-47-56-37-21-7-22-38-56)63-60(72-43-52-29-13-3-14-30-52)61(73-44-53-31-15-4-16-32-53)64(74-45-54-33-17-5-18-34-54)68(80-63)79-62-59(71-42-51-27-11-2-12-28-51)58(49-70-41-50-25-9-1-10-26-50)78-67(77-48-57-39-23-8-24-40-57)65(62)75-46-55-35-19-6-20-36-55/h1-40,58-65,67-68H,41-49H2/t58-,59-,60+,61+,62+,63+,64-,65-,67-,68+/m1/s1. The van der Waals surface area contributed by atoms with E-state index in [2.05, 4.69) is 0 Å². The van der Waals surface area contributed by atoms with Crippen molar-refractivity contribution in [3.8, 4) is 0 Å². The van der Waals surface area contributed by atoms with E-state index >= 15 is 4.79 Å². The molecule has 412 valence electrons. The van der Waals surface area contributed by atoms with Gasteiger partial charge in [0.25, 0.3) is 0 Å². The molecule has 0 unspecified atom stereocenters. The molecule has 0 saturated carbocycles. The first-order valence-electron chi connectivity index (χ1n) is 27.3. The number of carbonyl (C=O) groups is 1. The molecular weight excluding hydrogens is 1010 g/mol. The molecule has 0 amide bonds. The second-order valence-corrected chi connectivity index (χ2v) is 19.8. The van der Waals surface area contributed by atoms with Crippen LogP contribution in [0.4, 0.5) is 0 Å². The van der Waals surface area contributed by atoms with Crippen LogP contribution in [0.1, 0.15) is 44.5 Å². The number of esters is 1. The lowest BCUT2D eigenvalue weighted by atomic mass is 9.95. The Morgan fingerprint density at radius 3 is 1.01 bits per heavy atom. The van der Waals surface area contributed by atoms with Crippen LogP contribution in [0.15, 0.2) is 243 Å². The van der Waals surface area contributed by atoms with Gasteiger partial charge in [0.1, 0.15) is 49.3 Å². The van der Waals surface area contributed by atoms with Gasteiger partial charge in [0.05, 0.1) is 52.9 Å². The molecule has 0 aromatic heterocycles. The molecule has 8 aromatic carbocycles. The Morgan fingerprint density at radius 2 is 0.613 bits per heavy atom. The van der Waals surface area contributed by atoms with Crippen LogP contribution in [-0.2, 0) is 110 Å². The maximum atomic E-state index is 15.1. The third kappa shape index (κ3) is 16.2. The van der Waals surface area contributed by atoms with Gasteiger partial charge in [-0.1, -0.05) is 243 Å². The molecule has 2 saturated heterocycles. The Hall–Kier alpha value is -7.17. The minimum atomic E-state index is -1.40. The zero-order valence-electron chi connectivity index (χ0n) is 44.6. The van der Waals surface area contributed by atoms with E-state index in [0.29, 0.717) is 6.61 Å². The van der Waals surface area contributed by atoms with Crippen molar-refractivity contribution in [2.75, 3.05) is 6.61 Å². The molecule has 2 aliphatic rings. The lowest BCUT2D eigenvalue weighted by Crippen LogP contribution is -2.67. The normalized spacial score (nSPS) is 22.8. The second kappa shape index (κ2) is 29.9. The van der Waals surface area contributed by atoms with Crippen molar-refractivity contribution < 1.29 is 56.9 Å². The van der Waals surface area contributed by atoms with Crippen molar-refractivity contribution >= 4 is 5.97 Å². The van der Waals surface area contributed by atoms with Gasteiger partial charge < -0.3 is 52.1 Å². The molecule has 12 heteroatoms. The summed E-state index contributed by atoms with van der Waals surface area (Å²) in [7, 11) is 0. The van der Waals surface area contributed by atoms with E-state index in [1.54, 1.807) is 0 Å². The fraction of sp³-hybridized carbons (Fsp3) is 0.279. The zero-order chi connectivity index (χ0) is 54.4. The van der Waals surface area contributed by atoms with Crippen molar-refractivity contribution in [2.45, 2.75) is 114 Å².